The van der Waals surface area contributed by atoms with Crippen LogP contribution in [0.25, 0.3) is 0 Å². The highest BCUT2D eigenvalue weighted by Gasteiger charge is 2.10. The molecule has 2 N–H and O–H groups in total. The van der Waals surface area contributed by atoms with E-state index in [4.69, 9.17) is 28.6 Å². The molecule has 6 heteroatoms. The third kappa shape index (κ3) is 3.74. The summed E-state index contributed by atoms with van der Waals surface area (Å²) in [4.78, 5) is 17.7. The van der Waals surface area contributed by atoms with Gasteiger partial charge in [-0.1, -0.05) is 24.6 Å². The lowest BCUT2D eigenvalue weighted by atomic mass is 10.0. The molecule has 1 aromatic heterocycles. The van der Waals surface area contributed by atoms with Crippen LogP contribution in [0.15, 0.2) is 23.0 Å². The quantitative estimate of drug-likeness (QED) is 0.826. The lowest BCUT2D eigenvalue weighted by Gasteiger charge is -2.09. The molecular weight excluding hydrogens is 308 g/mol. The first kappa shape index (κ1) is 15.8. The second-order valence-electron chi connectivity index (χ2n) is 4.59. The maximum atomic E-state index is 12.1. The molecule has 0 aliphatic carbocycles. The Labute approximate surface area is 133 Å². The van der Waals surface area contributed by atoms with Crippen molar-refractivity contribution in [2.24, 2.45) is 0 Å². The van der Waals surface area contributed by atoms with Crippen LogP contribution in [0, 0.1) is 4.77 Å². The lowest BCUT2D eigenvalue weighted by molar-refractivity contribution is 0.340. The molecule has 0 saturated carbocycles. The van der Waals surface area contributed by atoms with Crippen molar-refractivity contribution in [3.63, 3.8) is 0 Å². The second kappa shape index (κ2) is 6.91. The fourth-order valence-corrected chi connectivity index (χ4v) is 2.65. The molecule has 0 unspecified atom stereocenters. The zero-order chi connectivity index (χ0) is 15.4. The molecular formula is C15H17ClN2O2S. The summed E-state index contributed by atoms with van der Waals surface area (Å²) in [6.45, 7) is 4.45. The summed E-state index contributed by atoms with van der Waals surface area (Å²) in [6.07, 6.45) is 1.21. The summed E-state index contributed by atoms with van der Waals surface area (Å²) in [7, 11) is 0. The average Bonchev–Trinajstić information content (AvgIpc) is 2.44. The summed E-state index contributed by atoms with van der Waals surface area (Å²) in [6, 6.07) is 5.57. The Morgan fingerprint density at radius 2 is 2.05 bits per heavy atom. The van der Waals surface area contributed by atoms with Crippen molar-refractivity contribution < 1.29 is 4.74 Å². The first-order chi connectivity index (χ1) is 10.0. The molecule has 21 heavy (non-hydrogen) atoms. The van der Waals surface area contributed by atoms with Gasteiger partial charge in [0.25, 0.3) is 5.56 Å². The molecule has 0 atom stereocenters. The van der Waals surface area contributed by atoms with Gasteiger partial charge in [0.05, 0.1) is 11.6 Å². The number of halogens is 1. The number of aryl methyl sites for hydroxylation is 1. The number of ether oxygens (including phenoxy) is 1. The summed E-state index contributed by atoms with van der Waals surface area (Å²) in [5, 5.41) is 0.549. The predicted molar refractivity (Wildman–Crippen MR) is 87.1 cm³/mol. The van der Waals surface area contributed by atoms with Crippen molar-refractivity contribution in [3.05, 3.63) is 55.2 Å². The van der Waals surface area contributed by atoms with E-state index in [-0.39, 0.29) is 5.56 Å². The molecule has 1 heterocycles. The van der Waals surface area contributed by atoms with Crippen molar-refractivity contribution in [3.8, 4) is 5.75 Å². The minimum absolute atomic E-state index is 0.152. The minimum atomic E-state index is -0.152. The normalized spacial score (nSPS) is 10.6. The summed E-state index contributed by atoms with van der Waals surface area (Å²) in [5.41, 5.74) is 2.34. The predicted octanol–water partition coefficient (Wildman–Crippen LogP) is 3.64. The van der Waals surface area contributed by atoms with Crippen LogP contribution < -0.4 is 10.3 Å². The van der Waals surface area contributed by atoms with Gasteiger partial charge in [-0.2, -0.15) is 0 Å². The van der Waals surface area contributed by atoms with E-state index in [1.54, 1.807) is 0 Å². The maximum absolute atomic E-state index is 12.1. The molecule has 0 amide bonds. The van der Waals surface area contributed by atoms with E-state index >= 15 is 0 Å². The SMILES string of the molecule is CCOc1ccc(Cc2c(CC)[nH]c(=S)[nH]c2=O)cc1Cl. The van der Waals surface area contributed by atoms with Crippen LogP contribution in [-0.2, 0) is 12.8 Å². The molecule has 112 valence electrons. The van der Waals surface area contributed by atoms with Crippen molar-refractivity contribution in [2.75, 3.05) is 6.61 Å². The zero-order valence-electron chi connectivity index (χ0n) is 12.0. The molecule has 0 radical (unpaired) electrons. The first-order valence-corrected chi connectivity index (χ1v) is 7.59. The first-order valence-electron chi connectivity index (χ1n) is 6.80. The smallest absolute Gasteiger partial charge is 0.255 e. The molecule has 0 aliphatic rings. The Kier molecular flexibility index (Phi) is 5.20. The number of aromatic nitrogens is 2. The Morgan fingerprint density at radius 3 is 2.67 bits per heavy atom. The van der Waals surface area contributed by atoms with Crippen LogP contribution in [0.3, 0.4) is 0 Å². The molecule has 0 spiro atoms. The molecule has 0 saturated heterocycles. The van der Waals surface area contributed by atoms with Crippen LogP contribution in [-0.4, -0.2) is 16.6 Å². The van der Waals surface area contributed by atoms with E-state index in [0.717, 1.165) is 11.3 Å². The van der Waals surface area contributed by atoms with Gasteiger partial charge in [-0.3, -0.25) is 9.78 Å². The number of rotatable bonds is 5. The van der Waals surface area contributed by atoms with Gasteiger partial charge in [0.2, 0.25) is 0 Å². The van der Waals surface area contributed by atoms with Gasteiger partial charge >= 0.3 is 0 Å². The minimum Gasteiger partial charge on any atom is -0.492 e. The summed E-state index contributed by atoms with van der Waals surface area (Å²) >= 11 is 11.2. The Hall–Kier alpha value is -1.59. The highest BCUT2D eigenvalue weighted by molar-refractivity contribution is 7.71. The summed E-state index contributed by atoms with van der Waals surface area (Å²) in [5.74, 6) is 0.653. The Balaban J connectivity index is 2.37. The average molecular weight is 325 g/mol. The van der Waals surface area contributed by atoms with Crippen molar-refractivity contribution in [1.82, 2.24) is 9.97 Å². The Bertz CT molecular complexity index is 752. The van der Waals surface area contributed by atoms with Gasteiger partial charge in [0, 0.05) is 17.7 Å². The lowest BCUT2D eigenvalue weighted by Crippen LogP contribution is -2.18. The number of nitrogens with one attached hydrogen (secondary N) is 2. The van der Waals surface area contributed by atoms with Crippen LogP contribution in [0.1, 0.15) is 30.7 Å². The fourth-order valence-electron chi connectivity index (χ4n) is 2.18. The van der Waals surface area contributed by atoms with Crippen molar-refractivity contribution in [1.29, 1.82) is 0 Å². The van der Waals surface area contributed by atoms with E-state index in [1.807, 2.05) is 32.0 Å². The largest absolute Gasteiger partial charge is 0.492 e. The van der Waals surface area contributed by atoms with Gasteiger partial charge in [-0.25, -0.2) is 0 Å². The molecule has 4 nitrogen and oxygen atoms in total. The topological polar surface area (TPSA) is 57.9 Å². The fraction of sp³-hybridized carbons (Fsp3) is 0.333. The number of hydrogen-bond acceptors (Lipinski definition) is 3. The van der Waals surface area contributed by atoms with Crippen LogP contribution in [0.2, 0.25) is 5.02 Å². The third-order valence-corrected chi connectivity index (χ3v) is 3.66. The van der Waals surface area contributed by atoms with Crippen LogP contribution in [0.5, 0.6) is 5.75 Å². The molecule has 0 fully saturated rings. The Morgan fingerprint density at radius 1 is 1.29 bits per heavy atom. The molecule has 0 aliphatic heterocycles. The molecule has 2 aromatic rings. The highest BCUT2D eigenvalue weighted by Crippen LogP contribution is 2.26. The van der Waals surface area contributed by atoms with E-state index in [9.17, 15) is 4.79 Å². The number of aromatic amines is 2. The monoisotopic (exact) mass is 324 g/mol. The standard InChI is InChI=1S/C15H17ClN2O2S/c1-3-12-10(14(19)18-15(21)17-12)7-9-5-6-13(20-4-2)11(16)8-9/h5-6,8H,3-4,7H2,1-2H3,(H2,17,18,19,21). The third-order valence-electron chi connectivity index (χ3n) is 3.16. The van der Waals surface area contributed by atoms with Gasteiger partial charge in [0.15, 0.2) is 4.77 Å². The van der Waals surface area contributed by atoms with Crippen LogP contribution >= 0.6 is 23.8 Å². The molecule has 2 rings (SSSR count). The van der Waals surface area contributed by atoms with Gasteiger partial charge in [-0.15, -0.1) is 0 Å². The second-order valence-corrected chi connectivity index (χ2v) is 5.41. The van der Waals surface area contributed by atoms with Crippen molar-refractivity contribution in [2.45, 2.75) is 26.7 Å². The van der Waals surface area contributed by atoms with E-state index in [0.29, 0.717) is 40.6 Å². The highest BCUT2D eigenvalue weighted by atomic mass is 35.5. The van der Waals surface area contributed by atoms with Gasteiger partial charge < -0.3 is 9.72 Å². The van der Waals surface area contributed by atoms with Gasteiger partial charge in [0.1, 0.15) is 5.75 Å². The zero-order valence-corrected chi connectivity index (χ0v) is 13.5. The number of hydrogen-bond donors (Lipinski definition) is 2. The molecule has 1 aromatic carbocycles. The molecule has 0 bridgehead atoms. The maximum Gasteiger partial charge on any atom is 0.255 e. The summed E-state index contributed by atoms with van der Waals surface area (Å²) < 4.78 is 5.76. The van der Waals surface area contributed by atoms with E-state index < -0.39 is 0 Å². The van der Waals surface area contributed by atoms with E-state index in [2.05, 4.69) is 9.97 Å². The van der Waals surface area contributed by atoms with E-state index in [1.165, 1.54) is 0 Å². The van der Waals surface area contributed by atoms with Crippen molar-refractivity contribution >= 4 is 23.8 Å². The number of H-pyrrole nitrogens is 2. The van der Waals surface area contributed by atoms with Crippen LogP contribution in [0.4, 0.5) is 0 Å². The number of benzene rings is 1. The van der Waals surface area contributed by atoms with Gasteiger partial charge in [-0.05, 0) is 43.3 Å².